The molecular weight excluding hydrogens is 188 g/mol. The van der Waals surface area contributed by atoms with Crippen LogP contribution in [0.4, 0.5) is 0 Å². The zero-order valence-corrected chi connectivity index (χ0v) is 8.31. The van der Waals surface area contributed by atoms with Crippen molar-refractivity contribution in [2.75, 3.05) is 33.0 Å². The Morgan fingerprint density at radius 2 is 2.00 bits per heavy atom. The number of rotatable bonds is 7. The summed E-state index contributed by atoms with van der Waals surface area (Å²) >= 11 is 0. The van der Waals surface area contributed by atoms with E-state index in [4.69, 9.17) is 19.5 Å². The first-order valence-corrected chi connectivity index (χ1v) is 5.01. The van der Waals surface area contributed by atoms with Gasteiger partial charge in [-0.3, -0.25) is 5.26 Å². The zero-order valence-electron chi connectivity index (χ0n) is 8.31. The van der Waals surface area contributed by atoms with Gasteiger partial charge in [-0.15, -0.1) is 0 Å². The molecule has 1 atom stereocenters. The van der Waals surface area contributed by atoms with E-state index in [9.17, 15) is 0 Å². The van der Waals surface area contributed by atoms with E-state index in [2.05, 4.69) is 4.89 Å². The van der Waals surface area contributed by atoms with Crippen molar-refractivity contribution < 1.29 is 24.4 Å². The van der Waals surface area contributed by atoms with Crippen LogP contribution in [0.5, 0.6) is 0 Å². The summed E-state index contributed by atoms with van der Waals surface area (Å²) in [5, 5.41) is 8.00. The molecule has 0 spiro atoms. The number of ether oxygens (including phenoxy) is 3. The first-order chi connectivity index (χ1) is 6.93. The Kier molecular flexibility index (Phi) is 6.90. The van der Waals surface area contributed by atoms with Crippen LogP contribution in [0.3, 0.4) is 0 Å². The van der Waals surface area contributed by atoms with Crippen LogP contribution in [-0.2, 0) is 19.1 Å². The Hall–Kier alpha value is -0.200. The molecular formula is C9H18O5. The summed E-state index contributed by atoms with van der Waals surface area (Å²) in [6, 6.07) is 0. The van der Waals surface area contributed by atoms with Crippen LogP contribution in [0.1, 0.15) is 19.3 Å². The normalized spacial score (nSPS) is 22.5. The van der Waals surface area contributed by atoms with Crippen LogP contribution in [0.2, 0.25) is 0 Å². The highest BCUT2D eigenvalue weighted by Crippen LogP contribution is 2.13. The maximum atomic E-state index is 8.00. The average molecular weight is 206 g/mol. The molecule has 1 aliphatic heterocycles. The summed E-state index contributed by atoms with van der Waals surface area (Å²) in [4.78, 5) is 3.85. The Morgan fingerprint density at radius 3 is 2.71 bits per heavy atom. The summed E-state index contributed by atoms with van der Waals surface area (Å²) in [5.41, 5.74) is 0. The molecule has 5 heteroatoms. The van der Waals surface area contributed by atoms with Crippen molar-refractivity contribution in [3.63, 3.8) is 0 Å². The second-order valence-corrected chi connectivity index (χ2v) is 3.11. The van der Waals surface area contributed by atoms with E-state index in [0.717, 1.165) is 19.4 Å². The standard InChI is InChI=1S/C9H18O5/c10-14-8-6-11-5-7-13-9-3-1-2-4-12-9/h9-10H,1-8H2. The monoisotopic (exact) mass is 206 g/mol. The molecule has 1 aliphatic rings. The molecule has 0 radical (unpaired) electrons. The third-order valence-electron chi connectivity index (χ3n) is 1.99. The van der Waals surface area contributed by atoms with E-state index in [1.165, 1.54) is 6.42 Å². The van der Waals surface area contributed by atoms with Gasteiger partial charge in [-0.1, -0.05) is 0 Å². The molecule has 0 aromatic heterocycles. The largest absolute Gasteiger partial charge is 0.377 e. The first-order valence-electron chi connectivity index (χ1n) is 5.01. The smallest absolute Gasteiger partial charge is 0.157 e. The highest BCUT2D eigenvalue weighted by Gasteiger charge is 2.13. The van der Waals surface area contributed by atoms with E-state index in [1.54, 1.807) is 0 Å². The molecule has 1 unspecified atom stereocenters. The Labute approximate surface area is 83.8 Å². The van der Waals surface area contributed by atoms with Gasteiger partial charge >= 0.3 is 0 Å². The van der Waals surface area contributed by atoms with E-state index in [-0.39, 0.29) is 12.9 Å². The molecule has 5 nitrogen and oxygen atoms in total. The minimum atomic E-state index is -0.0542. The van der Waals surface area contributed by atoms with Crippen molar-refractivity contribution >= 4 is 0 Å². The lowest BCUT2D eigenvalue weighted by Gasteiger charge is -2.22. The van der Waals surface area contributed by atoms with Crippen LogP contribution in [0.25, 0.3) is 0 Å². The van der Waals surface area contributed by atoms with Gasteiger partial charge in [-0.05, 0) is 19.3 Å². The first kappa shape index (κ1) is 11.9. The molecule has 1 rings (SSSR count). The average Bonchev–Trinajstić information content (AvgIpc) is 2.25. The molecule has 0 aromatic carbocycles. The van der Waals surface area contributed by atoms with Gasteiger partial charge in [0.25, 0.3) is 0 Å². The second kappa shape index (κ2) is 8.14. The summed E-state index contributed by atoms with van der Waals surface area (Å²) in [6.07, 6.45) is 3.22. The molecule has 14 heavy (non-hydrogen) atoms. The van der Waals surface area contributed by atoms with Crippen LogP contribution < -0.4 is 0 Å². The molecule has 1 heterocycles. The van der Waals surface area contributed by atoms with E-state index >= 15 is 0 Å². The molecule has 1 fully saturated rings. The summed E-state index contributed by atoms with van der Waals surface area (Å²) in [6.45, 7) is 2.40. The highest BCUT2D eigenvalue weighted by molar-refractivity contribution is 4.53. The van der Waals surface area contributed by atoms with E-state index in [0.29, 0.717) is 19.8 Å². The van der Waals surface area contributed by atoms with Crippen LogP contribution >= 0.6 is 0 Å². The van der Waals surface area contributed by atoms with E-state index in [1.807, 2.05) is 0 Å². The Balaban J connectivity index is 1.82. The van der Waals surface area contributed by atoms with Crippen molar-refractivity contribution in [3.05, 3.63) is 0 Å². The third kappa shape index (κ3) is 5.51. The quantitative estimate of drug-likeness (QED) is 0.383. The zero-order chi connectivity index (χ0) is 10.1. The summed E-state index contributed by atoms with van der Waals surface area (Å²) < 4.78 is 15.9. The Bertz CT molecular complexity index is 124. The SMILES string of the molecule is OOCCOCCOC1CCCCO1. The van der Waals surface area contributed by atoms with Gasteiger partial charge in [-0.2, -0.15) is 0 Å². The maximum absolute atomic E-state index is 8.00. The topological polar surface area (TPSA) is 57.2 Å². The van der Waals surface area contributed by atoms with Crippen molar-refractivity contribution in [2.45, 2.75) is 25.6 Å². The van der Waals surface area contributed by atoms with Gasteiger partial charge in [0.2, 0.25) is 0 Å². The molecule has 0 saturated carbocycles. The van der Waals surface area contributed by atoms with Crippen molar-refractivity contribution in [2.24, 2.45) is 0 Å². The molecule has 84 valence electrons. The Morgan fingerprint density at radius 1 is 1.14 bits per heavy atom. The number of hydrogen-bond donors (Lipinski definition) is 1. The maximum Gasteiger partial charge on any atom is 0.157 e. The minimum absolute atomic E-state index is 0.0542. The van der Waals surface area contributed by atoms with Crippen molar-refractivity contribution in [1.82, 2.24) is 0 Å². The lowest BCUT2D eigenvalue weighted by Crippen LogP contribution is -2.24. The van der Waals surface area contributed by atoms with Gasteiger partial charge in [0.1, 0.15) is 6.61 Å². The minimum Gasteiger partial charge on any atom is -0.377 e. The van der Waals surface area contributed by atoms with Crippen LogP contribution in [-0.4, -0.2) is 44.6 Å². The number of hydrogen-bond acceptors (Lipinski definition) is 5. The van der Waals surface area contributed by atoms with E-state index < -0.39 is 0 Å². The predicted octanol–water partition coefficient (Wildman–Crippen LogP) is 1.04. The lowest BCUT2D eigenvalue weighted by atomic mass is 10.2. The molecule has 1 N–H and O–H groups in total. The van der Waals surface area contributed by atoms with Crippen LogP contribution in [0, 0.1) is 0 Å². The van der Waals surface area contributed by atoms with Gasteiger partial charge in [0.15, 0.2) is 6.29 Å². The fourth-order valence-electron chi connectivity index (χ4n) is 1.28. The van der Waals surface area contributed by atoms with Gasteiger partial charge in [0.05, 0.1) is 19.8 Å². The van der Waals surface area contributed by atoms with Crippen molar-refractivity contribution in [3.8, 4) is 0 Å². The predicted molar refractivity (Wildman–Crippen MR) is 48.9 cm³/mol. The molecule has 1 saturated heterocycles. The highest BCUT2D eigenvalue weighted by atomic mass is 17.1. The second-order valence-electron chi connectivity index (χ2n) is 3.11. The third-order valence-corrected chi connectivity index (χ3v) is 1.99. The summed E-state index contributed by atoms with van der Waals surface area (Å²) in [5.74, 6) is 0. The fraction of sp³-hybridized carbons (Fsp3) is 1.00. The van der Waals surface area contributed by atoms with Gasteiger partial charge in [0, 0.05) is 6.61 Å². The molecule has 0 bridgehead atoms. The molecule has 0 amide bonds. The fourth-order valence-corrected chi connectivity index (χ4v) is 1.28. The van der Waals surface area contributed by atoms with Crippen molar-refractivity contribution in [1.29, 1.82) is 0 Å². The molecule has 0 aromatic rings. The lowest BCUT2D eigenvalue weighted by molar-refractivity contribution is -0.250. The molecule has 0 aliphatic carbocycles. The van der Waals surface area contributed by atoms with Crippen LogP contribution in [0.15, 0.2) is 0 Å². The van der Waals surface area contributed by atoms with Gasteiger partial charge in [-0.25, -0.2) is 4.89 Å². The van der Waals surface area contributed by atoms with Gasteiger partial charge < -0.3 is 14.2 Å². The summed E-state index contributed by atoms with van der Waals surface area (Å²) in [7, 11) is 0.